The second kappa shape index (κ2) is 5.92. The van der Waals surface area contributed by atoms with Crippen LogP contribution in [-0.2, 0) is 0 Å². The van der Waals surface area contributed by atoms with Crippen molar-refractivity contribution in [2.45, 2.75) is 32.7 Å². The summed E-state index contributed by atoms with van der Waals surface area (Å²) in [5.74, 6) is 1.98. The molecule has 2 aliphatic heterocycles. The van der Waals surface area contributed by atoms with Crippen LogP contribution in [-0.4, -0.2) is 48.0 Å². The van der Waals surface area contributed by atoms with E-state index in [1.807, 2.05) is 11.8 Å². The predicted molar refractivity (Wildman–Crippen MR) is 72.2 cm³/mol. The van der Waals surface area contributed by atoms with Crippen LogP contribution in [0.25, 0.3) is 0 Å². The molecule has 0 saturated carbocycles. The molecule has 0 aromatic heterocycles. The molecule has 0 spiro atoms. The lowest BCUT2D eigenvalue weighted by Crippen LogP contribution is -2.26. The van der Waals surface area contributed by atoms with Crippen LogP contribution in [0.5, 0.6) is 0 Å². The van der Waals surface area contributed by atoms with Gasteiger partial charge < -0.3 is 10.2 Å². The number of amidine groups is 1. The highest BCUT2D eigenvalue weighted by atomic mass is 32.2. The van der Waals surface area contributed by atoms with E-state index in [0.29, 0.717) is 6.04 Å². The Morgan fingerprint density at radius 1 is 1.50 bits per heavy atom. The summed E-state index contributed by atoms with van der Waals surface area (Å²) in [6, 6.07) is 0.652. The van der Waals surface area contributed by atoms with Crippen LogP contribution in [0.15, 0.2) is 4.99 Å². The Bertz CT molecular complexity index is 255. The van der Waals surface area contributed by atoms with Gasteiger partial charge in [0.25, 0.3) is 0 Å². The molecular formula is C12H23N3S. The van der Waals surface area contributed by atoms with Gasteiger partial charge in [-0.05, 0) is 31.8 Å². The normalized spacial score (nSPS) is 33.5. The van der Waals surface area contributed by atoms with Crippen molar-refractivity contribution in [2.75, 3.05) is 31.9 Å². The van der Waals surface area contributed by atoms with Gasteiger partial charge in [0.15, 0.2) is 5.17 Å². The minimum Gasteiger partial charge on any atom is -0.361 e. The summed E-state index contributed by atoms with van der Waals surface area (Å²) in [6.45, 7) is 9.20. The summed E-state index contributed by atoms with van der Waals surface area (Å²) >= 11 is 1.89. The molecular weight excluding hydrogens is 218 g/mol. The Labute approximate surface area is 103 Å². The number of aliphatic imine (C=N–C) groups is 1. The van der Waals surface area contributed by atoms with Gasteiger partial charge in [-0.15, -0.1) is 0 Å². The second-order valence-electron chi connectivity index (χ2n) is 4.75. The van der Waals surface area contributed by atoms with E-state index in [2.05, 4.69) is 24.1 Å². The van der Waals surface area contributed by atoms with Gasteiger partial charge in [-0.1, -0.05) is 25.6 Å². The molecule has 2 heterocycles. The third-order valence-electron chi connectivity index (χ3n) is 3.55. The quantitative estimate of drug-likeness (QED) is 0.813. The second-order valence-corrected chi connectivity index (χ2v) is 5.76. The standard InChI is InChI=1S/C12H23N3S/c1-3-11-9-16-12(14-11)13-7-10-5-6-15(4-2)8-10/h10-11H,3-9H2,1-2H3,(H,13,14). The summed E-state index contributed by atoms with van der Waals surface area (Å²) in [7, 11) is 0. The fourth-order valence-electron chi connectivity index (χ4n) is 2.31. The maximum atomic E-state index is 4.71. The molecule has 3 nitrogen and oxygen atoms in total. The topological polar surface area (TPSA) is 27.6 Å². The van der Waals surface area contributed by atoms with Crippen LogP contribution in [0.2, 0.25) is 0 Å². The van der Waals surface area contributed by atoms with Crippen molar-refractivity contribution < 1.29 is 0 Å². The summed E-state index contributed by atoms with van der Waals surface area (Å²) in [6.07, 6.45) is 2.53. The summed E-state index contributed by atoms with van der Waals surface area (Å²) < 4.78 is 0. The minimum atomic E-state index is 0.652. The van der Waals surface area contributed by atoms with Crippen molar-refractivity contribution >= 4 is 16.9 Å². The number of hydrogen-bond acceptors (Lipinski definition) is 3. The fraction of sp³-hybridized carbons (Fsp3) is 0.917. The van der Waals surface area contributed by atoms with E-state index < -0.39 is 0 Å². The third kappa shape index (κ3) is 3.14. The molecule has 0 radical (unpaired) electrons. The molecule has 92 valence electrons. The maximum absolute atomic E-state index is 4.71. The van der Waals surface area contributed by atoms with Gasteiger partial charge in [0.05, 0.1) is 0 Å². The number of nitrogens with zero attached hydrogens (tertiary/aromatic N) is 2. The van der Waals surface area contributed by atoms with E-state index in [4.69, 9.17) is 4.99 Å². The van der Waals surface area contributed by atoms with Crippen LogP contribution in [0.1, 0.15) is 26.7 Å². The molecule has 2 fully saturated rings. The lowest BCUT2D eigenvalue weighted by molar-refractivity contribution is 0.344. The number of rotatable bonds is 4. The van der Waals surface area contributed by atoms with E-state index in [9.17, 15) is 0 Å². The van der Waals surface area contributed by atoms with Gasteiger partial charge in [-0.2, -0.15) is 0 Å². The first-order valence-electron chi connectivity index (χ1n) is 6.48. The molecule has 16 heavy (non-hydrogen) atoms. The zero-order valence-corrected chi connectivity index (χ0v) is 11.2. The Balaban J connectivity index is 1.73. The zero-order chi connectivity index (χ0) is 11.4. The van der Waals surface area contributed by atoms with Crippen molar-refractivity contribution in [3.63, 3.8) is 0 Å². The Kier molecular flexibility index (Phi) is 4.53. The third-order valence-corrected chi connectivity index (χ3v) is 4.64. The first kappa shape index (κ1) is 12.2. The van der Waals surface area contributed by atoms with Crippen LogP contribution in [0.3, 0.4) is 0 Å². The van der Waals surface area contributed by atoms with Gasteiger partial charge in [0.2, 0.25) is 0 Å². The molecule has 0 amide bonds. The van der Waals surface area contributed by atoms with Crippen molar-refractivity contribution in [2.24, 2.45) is 10.9 Å². The Morgan fingerprint density at radius 3 is 3.00 bits per heavy atom. The summed E-state index contributed by atoms with van der Waals surface area (Å²) in [5.41, 5.74) is 0. The van der Waals surface area contributed by atoms with Crippen LogP contribution >= 0.6 is 11.8 Å². The average molecular weight is 241 g/mol. The smallest absolute Gasteiger partial charge is 0.156 e. The predicted octanol–water partition coefficient (Wildman–Crippen LogP) is 1.80. The van der Waals surface area contributed by atoms with Crippen LogP contribution in [0.4, 0.5) is 0 Å². The maximum Gasteiger partial charge on any atom is 0.156 e. The molecule has 4 heteroatoms. The number of likely N-dealkylation sites (tertiary alicyclic amines) is 1. The monoisotopic (exact) mass is 241 g/mol. The molecule has 0 bridgehead atoms. The van der Waals surface area contributed by atoms with E-state index in [1.165, 1.54) is 43.4 Å². The van der Waals surface area contributed by atoms with Crippen molar-refractivity contribution in [1.29, 1.82) is 0 Å². The molecule has 0 aromatic carbocycles. The minimum absolute atomic E-state index is 0.652. The SMILES string of the molecule is CCC1CSC(=NCC2CCN(CC)C2)N1. The van der Waals surface area contributed by atoms with Crippen LogP contribution < -0.4 is 5.32 Å². The number of nitrogens with one attached hydrogen (secondary N) is 1. The highest BCUT2D eigenvalue weighted by molar-refractivity contribution is 8.14. The lowest BCUT2D eigenvalue weighted by Gasteiger charge is -2.11. The zero-order valence-electron chi connectivity index (χ0n) is 10.4. The molecule has 2 aliphatic rings. The van der Waals surface area contributed by atoms with Gasteiger partial charge in [-0.3, -0.25) is 4.99 Å². The van der Waals surface area contributed by atoms with Gasteiger partial charge in [0.1, 0.15) is 0 Å². The van der Waals surface area contributed by atoms with Gasteiger partial charge in [-0.25, -0.2) is 0 Å². The first-order valence-corrected chi connectivity index (χ1v) is 7.46. The van der Waals surface area contributed by atoms with Gasteiger partial charge >= 0.3 is 0 Å². The van der Waals surface area contributed by atoms with E-state index in [0.717, 1.165) is 12.5 Å². The summed E-state index contributed by atoms with van der Waals surface area (Å²) in [4.78, 5) is 7.24. The van der Waals surface area contributed by atoms with E-state index in [-0.39, 0.29) is 0 Å². The van der Waals surface area contributed by atoms with Gasteiger partial charge in [0, 0.05) is 24.9 Å². The molecule has 0 aromatic rings. The lowest BCUT2D eigenvalue weighted by atomic mass is 10.1. The Morgan fingerprint density at radius 2 is 2.38 bits per heavy atom. The highest BCUT2D eigenvalue weighted by Crippen LogP contribution is 2.19. The Hall–Kier alpha value is -0.220. The van der Waals surface area contributed by atoms with Crippen molar-refractivity contribution in [3.8, 4) is 0 Å². The molecule has 2 unspecified atom stereocenters. The summed E-state index contributed by atoms with van der Waals surface area (Å²) in [5, 5.41) is 4.67. The average Bonchev–Trinajstić information content (AvgIpc) is 2.95. The molecule has 0 aliphatic carbocycles. The molecule has 2 atom stereocenters. The molecule has 1 N–H and O–H groups in total. The largest absolute Gasteiger partial charge is 0.361 e. The fourth-order valence-corrected chi connectivity index (χ4v) is 3.40. The molecule has 2 rings (SSSR count). The number of hydrogen-bond donors (Lipinski definition) is 1. The number of thioether (sulfide) groups is 1. The molecule has 2 saturated heterocycles. The van der Waals surface area contributed by atoms with Crippen molar-refractivity contribution in [1.82, 2.24) is 10.2 Å². The first-order chi connectivity index (χ1) is 7.81. The van der Waals surface area contributed by atoms with E-state index >= 15 is 0 Å². The van der Waals surface area contributed by atoms with Crippen molar-refractivity contribution in [3.05, 3.63) is 0 Å². The van der Waals surface area contributed by atoms with E-state index in [1.54, 1.807) is 0 Å². The highest BCUT2D eigenvalue weighted by Gasteiger charge is 2.22. The van der Waals surface area contributed by atoms with Crippen LogP contribution in [0, 0.1) is 5.92 Å².